The lowest BCUT2D eigenvalue weighted by atomic mass is 10.1. The number of anilines is 3. The average molecular weight is 537 g/mol. The topological polar surface area (TPSA) is 83.1 Å². The Bertz CT molecular complexity index is 1150. The fourth-order valence-electron chi connectivity index (χ4n) is 4.25. The highest BCUT2D eigenvalue weighted by molar-refractivity contribution is 7.80. The summed E-state index contributed by atoms with van der Waals surface area (Å²) >= 11 is 19.2. The molecule has 2 aliphatic rings. The number of hydrogen-bond donors (Lipinski definition) is 1. The molecule has 1 aromatic carbocycles. The van der Waals surface area contributed by atoms with Gasteiger partial charge < -0.3 is 29.5 Å². The molecule has 0 aliphatic carbocycles. The number of benzene rings is 1. The molecule has 12 heteroatoms. The molecule has 0 unspecified atom stereocenters. The van der Waals surface area contributed by atoms with E-state index in [9.17, 15) is 4.79 Å². The molecule has 0 bridgehead atoms. The van der Waals surface area contributed by atoms with E-state index in [-0.39, 0.29) is 11.9 Å². The normalized spacial score (nSPS) is 17.3. The molecule has 1 fully saturated rings. The predicted molar refractivity (Wildman–Crippen MR) is 142 cm³/mol. The number of fused-ring (bicyclic) bond motifs is 1. The molecule has 2 aliphatic heterocycles. The maximum atomic E-state index is 11.9. The van der Waals surface area contributed by atoms with Crippen LogP contribution < -0.4 is 24.6 Å². The minimum atomic E-state index is -0.0743. The molecule has 1 N–H and O–H groups in total. The van der Waals surface area contributed by atoms with Crippen molar-refractivity contribution in [2.24, 2.45) is 0 Å². The summed E-state index contributed by atoms with van der Waals surface area (Å²) in [6.07, 6.45) is 3.90. The molecule has 1 atom stereocenters. The number of methoxy groups -OCH3 is 2. The third kappa shape index (κ3) is 4.70. The Morgan fingerprint density at radius 1 is 1.31 bits per heavy atom. The number of rotatable bonds is 7. The first kappa shape index (κ1) is 25.3. The third-order valence-corrected chi connectivity index (χ3v) is 7.20. The van der Waals surface area contributed by atoms with Gasteiger partial charge in [-0.3, -0.25) is 4.79 Å². The molecule has 0 saturated carbocycles. The highest BCUT2D eigenvalue weighted by Gasteiger charge is 2.34. The zero-order valence-corrected chi connectivity index (χ0v) is 22.0. The minimum absolute atomic E-state index is 0.0564. The SMILES string of the molecule is C=CC(=O)N1CC[C@H](Nc2ncc3c(n2)N(CC)C(=S)N(c2c(Cl)c(OC)cc(OC)c2Cl)C3)C1. The van der Waals surface area contributed by atoms with Gasteiger partial charge in [-0.25, -0.2) is 4.98 Å². The average Bonchev–Trinajstić information content (AvgIpc) is 3.32. The first-order valence-electron chi connectivity index (χ1n) is 11.1. The molecule has 0 spiro atoms. The van der Waals surface area contributed by atoms with Gasteiger partial charge in [0.05, 0.1) is 26.5 Å². The number of nitrogens with one attached hydrogen (secondary N) is 1. The van der Waals surface area contributed by atoms with E-state index in [1.807, 2.05) is 16.7 Å². The van der Waals surface area contributed by atoms with Crippen LogP contribution in [0.15, 0.2) is 24.9 Å². The van der Waals surface area contributed by atoms with Crippen molar-refractivity contribution < 1.29 is 14.3 Å². The Morgan fingerprint density at radius 2 is 2.00 bits per heavy atom. The zero-order chi connectivity index (χ0) is 25.3. The maximum absolute atomic E-state index is 11.9. The van der Waals surface area contributed by atoms with E-state index < -0.39 is 0 Å². The van der Waals surface area contributed by atoms with Gasteiger partial charge >= 0.3 is 0 Å². The number of carbonyl (C=O) groups is 1. The lowest BCUT2D eigenvalue weighted by Crippen LogP contribution is -2.48. The van der Waals surface area contributed by atoms with Crippen LogP contribution in [0.4, 0.5) is 17.5 Å². The number of nitrogens with zero attached hydrogens (tertiary/aromatic N) is 5. The van der Waals surface area contributed by atoms with Gasteiger partial charge in [0.1, 0.15) is 27.4 Å². The quantitative estimate of drug-likeness (QED) is 0.414. The second-order valence-electron chi connectivity index (χ2n) is 8.03. The van der Waals surface area contributed by atoms with Crippen LogP contribution in [0.5, 0.6) is 11.5 Å². The molecule has 2 aromatic rings. The summed E-state index contributed by atoms with van der Waals surface area (Å²) < 4.78 is 10.8. The lowest BCUT2D eigenvalue weighted by Gasteiger charge is -2.39. The maximum Gasteiger partial charge on any atom is 0.246 e. The first-order valence-corrected chi connectivity index (χ1v) is 12.2. The standard InChI is InChI=1S/C23H26Cl2N6O3S/c1-5-17(32)29-8-7-14(12-29)27-22-26-10-13-11-31(23(35)30(6-2)21(13)28-22)20-18(24)15(33-3)9-16(34-4)19(20)25/h5,9-10,14H,1,6-8,11-12H2,2-4H3,(H,26,27,28)/t14-/m0/s1. The molecule has 186 valence electrons. The second-order valence-corrected chi connectivity index (χ2v) is 9.15. The highest BCUT2D eigenvalue weighted by Crippen LogP contribution is 2.48. The van der Waals surface area contributed by atoms with Gasteiger partial charge in [0.15, 0.2) is 5.11 Å². The van der Waals surface area contributed by atoms with Crippen molar-refractivity contribution in [2.45, 2.75) is 25.9 Å². The van der Waals surface area contributed by atoms with Crippen LogP contribution in [0.1, 0.15) is 18.9 Å². The summed E-state index contributed by atoms with van der Waals surface area (Å²) in [6, 6.07) is 1.70. The largest absolute Gasteiger partial charge is 0.495 e. The molecule has 4 rings (SSSR count). The second kappa shape index (κ2) is 10.4. The zero-order valence-electron chi connectivity index (χ0n) is 19.7. The number of amides is 1. The van der Waals surface area contributed by atoms with E-state index >= 15 is 0 Å². The van der Waals surface area contributed by atoms with Crippen LogP contribution in [0, 0.1) is 0 Å². The Morgan fingerprint density at radius 3 is 2.60 bits per heavy atom. The van der Waals surface area contributed by atoms with Crippen LogP contribution >= 0.6 is 35.4 Å². The number of carbonyl (C=O) groups excluding carboxylic acids is 1. The fraction of sp³-hybridized carbons (Fsp3) is 0.391. The van der Waals surface area contributed by atoms with Gasteiger partial charge in [-0.2, -0.15) is 4.98 Å². The minimum Gasteiger partial charge on any atom is -0.495 e. The summed E-state index contributed by atoms with van der Waals surface area (Å²) in [5, 5.41) is 4.50. The van der Waals surface area contributed by atoms with Crippen LogP contribution in [-0.2, 0) is 11.3 Å². The van der Waals surface area contributed by atoms with Gasteiger partial charge in [-0.05, 0) is 31.6 Å². The van der Waals surface area contributed by atoms with Gasteiger partial charge in [0, 0.05) is 43.5 Å². The lowest BCUT2D eigenvalue weighted by molar-refractivity contribution is -0.125. The van der Waals surface area contributed by atoms with Gasteiger partial charge in [-0.1, -0.05) is 29.8 Å². The Hall–Kier alpha value is -2.82. The van der Waals surface area contributed by atoms with E-state index in [4.69, 9.17) is 49.9 Å². The van der Waals surface area contributed by atoms with E-state index in [1.165, 1.54) is 20.3 Å². The van der Waals surface area contributed by atoms with Crippen LogP contribution in [0.25, 0.3) is 0 Å². The van der Waals surface area contributed by atoms with Crippen LogP contribution in [-0.4, -0.2) is 65.8 Å². The summed E-state index contributed by atoms with van der Waals surface area (Å²) in [7, 11) is 3.06. The monoisotopic (exact) mass is 536 g/mol. The number of halogens is 2. The van der Waals surface area contributed by atoms with Gasteiger partial charge in [0.2, 0.25) is 11.9 Å². The number of ether oxygens (including phenoxy) is 2. The highest BCUT2D eigenvalue weighted by atomic mass is 35.5. The van der Waals surface area contributed by atoms with Crippen LogP contribution in [0.2, 0.25) is 10.0 Å². The summed E-state index contributed by atoms with van der Waals surface area (Å²) in [5.41, 5.74) is 1.36. The summed E-state index contributed by atoms with van der Waals surface area (Å²) in [5.74, 6) is 1.97. The molecule has 35 heavy (non-hydrogen) atoms. The van der Waals surface area contributed by atoms with Crippen molar-refractivity contribution in [3.8, 4) is 11.5 Å². The van der Waals surface area contributed by atoms with Gasteiger partial charge in [-0.15, -0.1) is 0 Å². The molecular formula is C23H26Cl2N6O3S. The molecule has 9 nitrogen and oxygen atoms in total. The van der Waals surface area contributed by atoms with Gasteiger partial charge in [0.25, 0.3) is 0 Å². The van der Waals surface area contributed by atoms with Crippen molar-refractivity contribution in [2.75, 3.05) is 49.0 Å². The van der Waals surface area contributed by atoms with E-state index in [0.717, 1.165) is 12.0 Å². The Balaban J connectivity index is 1.64. The molecule has 1 aromatic heterocycles. The van der Waals surface area contributed by atoms with E-state index in [1.54, 1.807) is 17.2 Å². The molecular weight excluding hydrogens is 511 g/mol. The number of hydrogen-bond acceptors (Lipinski definition) is 7. The van der Waals surface area contributed by atoms with Crippen molar-refractivity contribution >= 4 is 63.9 Å². The van der Waals surface area contributed by atoms with Crippen molar-refractivity contribution in [1.82, 2.24) is 14.9 Å². The number of thiocarbonyl (C=S) groups is 1. The smallest absolute Gasteiger partial charge is 0.246 e. The predicted octanol–water partition coefficient (Wildman–Crippen LogP) is 4.13. The summed E-state index contributed by atoms with van der Waals surface area (Å²) in [6.45, 7) is 7.72. The number of likely N-dealkylation sites (tertiary alicyclic amines) is 1. The summed E-state index contributed by atoms with van der Waals surface area (Å²) in [4.78, 5) is 26.7. The van der Waals surface area contributed by atoms with E-state index in [0.29, 0.717) is 70.3 Å². The molecule has 0 radical (unpaired) electrons. The Labute approximate surface area is 219 Å². The molecule has 1 amide bonds. The number of aromatic nitrogens is 2. The van der Waals surface area contributed by atoms with Crippen molar-refractivity contribution in [1.29, 1.82) is 0 Å². The first-order chi connectivity index (χ1) is 16.8. The Kier molecular flexibility index (Phi) is 7.53. The van der Waals surface area contributed by atoms with E-state index in [2.05, 4.69) is 16.9 Å². The molecule has 3 heterocycles. The van der Waals surface area contributed by atoms with Crippen molar-refractivity contribution in [3.05, 3.63) is 40.5 Å². The third-order valence-electron chi connectivity index (χ3n) is 6.03. The van der Waals surface area contributed by atoms with Crippen molar-refractivity contribution in [3.63, 3.8) is 0 Å². The molecule has 1 saturated heterocycles. The van der Waals surface area contributed by atoms with Crippen LogP contribution in [0.3, 0.4) is 0 Å². The fourth-order valence-corrected chi connectivity index (χ4v) is 5.32.